The molecule has 1 N–H and O–H groups in total. The SMILES string of the molecule is O=C(COc1cccc(Cl)c1)N/N=C/c1ccc(OC(=O)c2ccc(Br)cc2)cc1. The molecule has 1 amide bonds. The van der Waals surface area contributed by atoms with Gasteiger partial charge in [-0.25, -0.2) is 10.2 Å². The maximum atomic E-state index is 12.1. The fourth-order valence-electron chi connectivity index (χ4n) is 2.29. The van der Waals surface area contributed by atoms with E-state index in [2.05, 4.69) is 26.5 Å². The molecule has 30 heavy (non-hydrogen) atoms. The molecular weight excluding hydrogens is 472 g/mol. The smallest absolute Gasteiger partial charge is 0.343 e. The molecule has 0 aliphatic carbocycles. The Balaban J connectivity index is 1.46. The number of hydrazone groups is 1. The fourth-order valence-corrected chi connectivity index (χ4v) is 2.74. The Morgan fingerprint density at radius 3 is 2.43 bits per heavy atom. The molecular formula is C22H16BrClN2O4. The van der Waals surface area contributed by atoms with Gasteiger partial charge in [0.05, 0.1) is 11.8 Å². The summed E-state index contributed by atoms with van der Waals surface area (Å²) in [6.45, 7) is -0.192. The van der Waals surface area contributed by atoms with Crippen molar-refractivity contribution in [3.05, 3.63) is 93.4 Å². The normalized spacial score (nSPS) is 10.6. The van der Waals surface area contributed by atoms with Crippen molar-refractivity contribution in [2.75, 3.05) is 6.61 Å². The molecule has 0 atom stereocenters. The van der Waals surface area contributed by atoms with Crippen LogP contribution in [0.15, 0.2) is 82.4 Å². The predicted molar refractivity (Wildman–Crippen MR) is 118 cm³/mol. The van der Waals surface area contributed by atoms with Crippen molar-refractivity contribution >= 4 is 45.6 Å². The molecule has 0 heterocycles. The molecule has 6 nitrogen and oxygen atoms in total. The molecule has 0 saturated heterocycles. The fraction of sp³-hybridized carbons (Fsp3) is 0.0455. The number of esters is 1. The van der Waals surface area contributed by atoms with Crippen molar-refractivity contribution in [1.29, 1.82) is 0 Å². The maximum Gasteiger partial charge on any atom is 0.343 e. The van der Waals surface area contributed by atoms with E-state index in [4.69, 9.17) is 21.1 Å². The third kappa shape index (κ3) is 6.72. The second-order valence-corrected chi connectivity index (χ2v) is 7.36. The molecule has 0 bridgehead atoms. The van der Waals surface area contributed by atoms with Crippen LogP contribution in [0.5, 0.6) is 11.5 Å². The number of ether oxygens (including phenoxy) is 2. The quantitative estimate of drug-likeness (QED) is 0.224. The van der Waals surface area contributed by atoms with E-state index in [0.717, 1.165) is 10.0 Å². The van der Waals surface area contributed by atoms with Crippen molar-refractivity contribution in [2.45, 2.75) is 0 Å². The van der Waals surface area contributed by atoms with E-state index in [1.807, 2.05) is 0 Å². The minimum atomic E-state index is -0.448. The number of carbonyl (C=O) groups is 2. The summed E-state index contributed by atoms with van der Waals surface area (Å²) in [7, 11) is 0. The molecule has 0 aliphatic heterocycles. The summed E-state index contributed by atoms with van der Waals surface area (Å²) in [5, 5.41) is 4.40. The van der Waals surface area contributed by atoms with E-state index >= 15 is 0 Å². The van der Waals surface area contributed by atoms with Gasteiger partial charge in [-0.15, -0.1) is 0 Å². The summed E-state index contributed by atoms with van der Waals surface area (Å²) in [5.41, 5.74) is 3.54. The summed E-state index contributed by atoms with van der Waals surface area (Å²) in [6, 6.07) is 20.3. The van der Waals surface area contributed by atoms with Gasteiger partial charge in [0.15, 0.2) is 6.61 Å². The molecule has 3 aromatic rings. The highest BCUT2D eigenvalue weighted by Gasteiger charge is 2.08. The highest BCUT2D eigenvalue weighted by molar-refractivity contribution is 9.10. The average Bonchev–Trinajstić information content (AvgIpc) is 2.74. The van der Waals surface area contributed by atoms with Gasteiger partial charge in [0.25, 0.3) is 5.91 Å². The Morgan fingerprint density at radius 1 is 1.00 bits per heavy atom. The van der Waals surface area contributed by atoms with Crippen molar-refractivity contribution in [3.63, 3.8) is 0 Å². The Hall–Kier alpha value is -3.16. The van der Waals surface area contributed by atoms with Crippen LogP contribution in [-0.2, 0) is 4.79 Å². The number of benzene rings is 3. The summed E-state index contributed by atoms with van der Waals surface area (Å²) in [6.07, 6.45) is 1.47. The van der Waals surface area contributed by atoms with Crippen LogP contribution in [0.2, 0.25) is 5.02 Å². The van der Waals surface area contributed by atoms with Crippen molar-refractivity contribution in [1.82, 2.24) is 5.43 Å². The van der Waals surface area contributed by atoms with Crippen LogP contribution in [0.4, 0.5) is 0 Å². The second kappa shape index (κ2) is 10.6. The Labute approximate surface area is 186 Å². The lowest BCUT2D eigenvalue weighted by Gasteiger charge is -2.05. The van der Waals surface area contributed by atoms with Gasteiger partial charge in [-0.05, 0) is 72.3 Å². The Bertz CT molecular complexity index is 1050. The van der Waals surface area contributed by atoms with Crippen molar-refractivity contribution in [3.8, 4) is 11.5 Å². The maximum absolute atomic E-state index is 12.1. The van der Waals surface area contributed by atoms with Gasteiger partial charge in [0, 0.05) is 9.50 Å². The largest absolute Gasteiger partial charge is 0.484 e. The number of amides is 1. The molecule has 3 aromatic carbocycles. The topological polar surface area (TPSA) is 77.0 Å². The first-order valence-electron chi connectivity index (χ1n) is 8.78. The molecule has 152 valence electrons. The van der Waals surface area contributed by atoms with Crippen LogP contribution in [0.25, 0.3) is 0 Å². The van der Waals surface area contributed by atoms with Crippen LogP contribution in [0, 0.1) is 0 Å². The van der Waals surface area contributed by atoms with E-state index in [1.54, 1.807) is 72.8 Å². The van der Waals surface area contributed by atoms with Crippen LogP contribution < -0.4 is 14.9 Å². The van der Waals surface area contributed by atoms with Gasteiger partial charge in [-0.2, -0.15) is 5.10 Å². The van der Waals surface area contributed by atoms with Gasteiger partial charge in [-0.1, -0.05) is 33.6 Å². The molecule has 3 rings (SSSR count). The number of rotatable bonds is 7. The van der Waals surface area contributed by atoms with Crippen LogP contribution in [-0.4, -0.2) is 24.7 Å². The number of hydrogen-bond donors (Lipinski definition) is 1. The van der Waals surface area contributed by atoms with Crippen molar-refractivity contribution < 1.29 is 19.1 Å². The zero-order valence-corrected chi connectivity index (χ0v) is 17.9. The van der Waals surface area contributed by atoms with Crippen LogP contribution >= 0.6 is 27.5 Å². The number of halogens is 2. The molecule has 0 saturated carbocycles. The molecule has 0 fully saturated rings. The van der Waals surface area contributed by atoms with E-state index < -0.39 is 11.9 Å². The standard InChI is InChI=1S/C22H16BrClN2O4/c23-17-8-6-16(7-9-17)22(28)30-19-10-4-15(5-11-19)13-25-26-21(27)14-29-20-3-1-2-18(24)12-20/h1-13H,14H2,(H,26,27)/b25-13+. The predicted octanol–water partition coefficient (Wildman–Crippen LogP) is 4.85. The number of hydrogen-bond acceptors (Lipinski definition) is 5. The lowest BCUT2D eigenvalue weighted by atomic mass is 10.2. The average molecular weight is 488 g/mol. The van der Waals surface area contributed by atoms with E-state index in [1.165, 1.54) is 6.21 Å². The lowest BCUT2D eigenvalue weighted by molar-refractivity contribution is -0.123. The molecule has 8 heteroatoms. The van der Waals surface area contributed by atoms with Gasteiger partial charge in [0.2, 0.25) is 0 Å². The Kier molecular flexibility index (Phi) is 7.59. The van der Waals surface area contributed by atoms with E-state index in [-0.39, 0.29) is 6.61 Å². The molecule has 0 radical (unpaired) electrons. The molecule has 0 aliphatic rings. The van der Waals surface area contributed by atoms with Gasteiger partial charge >= 0.3 is 5.97 Å². The van der Waals surface area contributed by atoms with Gasteiger partial charge in [-0.3, -0.25) is 4.79 Å². The monoisotopic (exact) mass is 486 g/mol. The zero-order valence-electron chi connectivity index (χ0n) is 15.5. The number of nitrogens with one attached hydrogen (secondary N) is 1. The third-order valence-corrected chi connectivity index (χ3v) is 4.50. The van der Waals surface area contributed by atoms with Crippen molar-refractivity contribution in [2.24, 2.45) is 5.10 Å². The summed E-state index contributed by atoms with van der Waals surface area (Å²) >= 11 is 9.17. The highest BCUT2D eigenvalue weighted by Crippen LogP contribution is 2.17. The first-order valence-corrected chi connectivity index (χ1v) is 9.95. The zero-order chi connectivity index (χ0) is 21.3. The Morgan fingerprint density at radius 2 is 1.73 bits per heavy atom. The van der Waals surface area contributed by atoms with Crippen LogP contribution in [0.1, 0.15) is 15.9 Å². The van der Waals surface area contributed by atoms with E-state index in [0.29, 0.717) is 22.1 Å². The van der Waals surface area contributed by atoms with E-state index in [9.17, 15) is 9.59 Å². The molecule has 0 aromatic heterocycles. The minimum Gasteiger partial charge on any atom is -0.484 e. The first-order chi connectivity index (χ1) is 14.5. The first kappa shape index (κ1) is 21.5. The highest BCUT2D eigenvalue weighted by atomic mass is 79.9. The molecule has 0 spiro atoms. The minimum absolute atomic E-state index is 0.192. The summed E-state index contributed by atoms with van der Waals surface area (Å²) in [4.78, 5) is 23.9. The van der Waals surface area contributed by atoms with Gasteiger partial charge in [0.1, 0.15) is 11.5 Å². The second-order valence-electron chi connectivity index (χ2n) is 6.00. The van der Waals surface area contributed by atoms with Crippen LogP contribution in [0.3, 0.4) is 0 Å². The molecule has 0 unspecified atom stereocenters. The summed E-state index contributed by atoms with van der Waals surface area (Å²) < 4.78 is 11.5. The number of nitrogens with zero attached hydrogens (tertiary/aromatic N) is 1. The number of carbonyl (C=O) groups excluding carboxylic acids is 2. The summed E-state index contributed by atoms with van der Waals surface area (Å²) in [5.74, 6) is 0.0380. The lowest BCUT2D eigenvalue weighted by Crippen LogP contribution is -2.24. The van der Waals surface area contributed by atoms with Gasteiger partial charge < -0.3 is 9.47 Å². The third-order valence-electron chi connectivity index (χ3n) is 3.74.